The van der Waals surface area contributed by atoms with Gasteiger partial charge in [-0.25, -0.2) is 15.8 Å². The second-order valence-electron chi connectivity index (χ2n) is 3.70. The molecule has 1 aromatic heterocycles. The van der Waals surface area contributed by atoms with Crippen LogP contribution in [0, 0.1) is 6.92 Å². The van der Waals surface area contributed by atoms with Gasteiger partial charge in [0.05, 0.1) is 17.1 Å². The molecule has 2 aromatic rings. The summed E-state index contributed by atoms with van der Waals surface area (Å²) in [6.45, 7) is 1.82. The first-order chi connectivity index (χ1) is 9.15. The smallest absolute Gasteiger partial charge is 0.227 e. The predicted molar refractivity (Wildman–Crippen MR) is 75.3 cm³/mol. The molecule has 0 saturated carbocycles. The van der Waals surface area contributed by atoms with Crippen molar-refractivity contribution in [2.45, 2.75) is 6.92 Å². The average Bonchev–Trinajstić information content (AvgIpc) is 2.43. The number of benzene rings is 1. The highest BCUT2D eigenvalue weighted by Gasteiger charge is 2.10. The van der Waals surface area contributed by atoms with E-state index in [4.69, 9.17) is 15.3 Å². The first-order valence-corrected chi connectivity index (χ1v) is 6.24. The van der Waals surface area contributed by atoms with Gasteiger partial charge in [-0.1, -0.05) is 0 Å². The van der Waals surface area contributed by atoms with Crippen LogP contribution in [0.5, 0.6) is 17.4 Å². The number of hydrogen-bond acceptors (Lipinski definition) is 6. The fourth-order valence-corrected chi connectivity index (χ4v) is 1.92. The van der Waals surface area contributed by atoms with E-state index in [-0.39, 0.29) is 0 Å². The van der Waals surface area contributed by atoms with Crippen molar-refractivity contribution in [2.24, 2.45) is 5.84 Å². The molecule has 0 atom stereocenters. The van der Waals surface area contributed by atoms with Gasteiger partial charge in [0.1, 0.15) is 23.6 Å². The Morgan fingerprint density at radius 1 is 1.32 bits per heavy atom. The van der Waals surface area contributed by atoms with E-state index in [1.165, 1.54) is 6.33 Å². The Hall–Kier alpha value is -1.86. The molecule has 6 nitrogen and oxygen atoms in total. The summed E-state index contributed by atoms with van der Waals surface area (Å²) in [6, 6.07) is 5.41. The van der Waals surface area contributed by atoms with Crippen LogP contribution in [0.3, 0.4) is 0 Å². The second-order valence-corrected chi connectivity index (χ2v) is 4.55. The molecule has 3 N–H and O–H groups in total. The van der Waals surface area contributed by atoms with Crippen LogP contribution in [-0.2, 0) is 0 Å². The lowest BCUT2D eigenvalue weighted by molar-refractivity contribution is 0.411. The Morgan fingerprint density at radius 2 is 2.11 bits per heavy atom. The van der Waals surface area contributed by atoms with Gasteiger partial charge in [-0.05, 0) is 41.1 Å². The zero-order valence-corrected chi connectivity index (χ0v) is 12.1. The van der Waals surface area contributed by atoms with E-state index in [0.29, 0.717) is 17.4 Å². The third kappa shape index (κ3) is 2.94. The summed E-state index contributed by atoms with van der Waals surface area (Å²) in [5, 5.41) is 0. The Balaban J connectivity index is 2.31. The van der Waals surface area contributed by atoms with Gasteiger partial charge < -0.3 is 14.9 Å². The molecule has 0 aliphatic heterocycles. The molecule has 2 rings (SSSR count). The van der Waals surface area contributed by atoms with Gasteiger partial charge in [-0.15, -0.1) is 0 Å². The maximum Gasteiger partial charge on any atom is 0.227 e. The molecule has 1 aromatic carbocycles. The van der Waals surface area contributed by atoms with Crippen molar-refractivity contribution in [3.63, 3.8) is 0 Å². The van der Waals surface area contributed by atoms with E-state index in [1.807, 2.05) is 13.0 Å². The maximum absolute atomic E-state index is 5.73. The number of methoxy groups -OCH3 is 1. The fourth-order valence-electron chi connectivity index (χ4n) is 1.48. The Labute approximate surface area is 119 Å². The van der Waals surface area contributed by atoms with Gasteiger partial charge in [-0.3, -0.25) is 0 Å². The molecule has 0 unspecified atom stereocenters. The SMILES string of the molecule is COc1ccc(Oc2ncnc(NN)c2C)c(Br)c1. The maximum atomic E-state index is 5.73. The molecule has 19 heavy (non-hydrogen) atoms. The van der Waals surface area contributed by atoms with Gasteiger partial charge >= 0.3 is 0 Å². The molecular formula is C12H13BrN4O2. The van der Waals surface area contributed by atoms with Crippen molar-refractivity contribution >= 4 is 21.7 Å². The van der Waals surface area contributed by atoms with Crippen LogP contribution in [0.4, 0.5) is 5.82 Å². The van der Waals surface area contributed by atoms with E-state index in [9.17, 15) is 0 Å². The minimum atomic E-state index is 0.439. The summed E-state index contributed by atoms with van der Waals surface area (Å²) in [5.74, 6) is 7.69. The second kappa shape index (κ2) is 5.85. The normalized spacial score (nSPS) is 10.1. The van der Waals surface area contributed by atoms with Crippen LogP contribution >= 0.6 is 15.9 Å². The van der Waals surface area contributed by atoms with E-state index < -0.39 is 0 Å². The van der Waals surface area contributed by atoms with Gasteiger partial charge in [0.25, 0.3) is 0 Å². The van der Waals surface area contributed by atoms with Crippen molar-refractivity contribution in [3.8, 4) is 17.4 Å². The van der Waals surface area contributed by atoms with Crippen molar-refractivity contribution in [3.05, 3.63) is 34.6 Å². The van der Waals surface area contributed by atoms with E-state index >= 15 is 0 Å². The molecule has 1 heterocycles. The molecule has 0 aliphatic rings. The summed E-state index contributed by atoms with van der Waals surface area (Å²) >= 11 is 3.42. The van der Waals surface area contributed by atoms with E-state index in [2.05, 4.69) is 31.3 Å². The Bertz CT molecular complexity index is 592. The van der Waals surface area contributed by atoms with Crippen LogP contribution in [0.25, 0.3) is 0 Å². The molecule has 0 aliphatic carbocycles. The molecule has 7 heteroatoms. The third-order valence-corrected chi connectivity index (χ3v) is 3.14. The average molecular weight is 325 g/mol. The number of nitrogens with one attached hydrogen (secondary N) is 1. The molecule has 100 valence electrons. The Kier molecular flexibility index (Phi) is 4.18. The summed E-state index contributed by atoms with van der Waals surface area (Å²) < 4.78 is 11.6. The number of nitrogen functional groups attached to an aromatic ring is 1. The van der Waals surface area contributed by atoms with Crippen LogP contribution in [-0.4, -0.2) is 17.1 Å². The number of ether oxygens (including phenoxy) is 2. The van der Waals surface area contributed by atoms with Crippen LogP contribution in [0.15, 0.2) is 29.0 Å². The van der Waals surface area contributed by atoms with Crippen LogP contribution in [0.1, 0.15) is 5.56 Å². The molecular weight excluding hydrogens is 312 g/mol. The first-order valence-electron chi connectivity index (χ1n) is 5.45. The molecule has 0 spiro atoms. The van der Waals surface area contributed by atoms with Crippen molar-refractivity contribution in [2.75, 3.05) is 12.5 Å². The largest absolute Gasteiger partial charge is 0.497 e. The highest BCUT2D eigenvalue weighted by Crippen LogP contribution is 2.33. The molecule has 0 amide bonds. The number of aromatic nitrogens is 2. The van der Waals surface area contributed by atoms with E-state index in [1.54, 1.807) is 19.2 Å². The van der Waals surface area contributed by atoms with Gasteiger partial charge in [0.2, 0.25) is 5.88 Å². The first kappa shape index (κ1) is 13.6. The number of nitrogens with zero attached hydrogens (tertiary/aromatic N) is 2. The lowest BCUT2D eigenvalue weighted by atomic mass is 10.3. The number of hydrazine groups is 1. The van der Waals surface area contributed by atoms with Gasteiger partial charge in [0, 0.05) is 0 Å². The standard InChI is InChI=1S/C12H13BrN4O2/c1-7-11(17-14)15-6-16-12(7)19-10-4-3-8(18-2)5-9(10)13/h3-6H,14H2,1-2H3,(H,15,16,17). The minimum Gasteiger partial charge on any atom is -0.497 e. The zero-order valence-electron chi connectivity index (χ0n) is 10.5. The topological polar surface area (TPSA) is 82.3 Å². The molecule has 0 saturated heterocycles. The van der Waals surface area contributed by atoms with E-state index in [0.717, 1.165) is 15.8 Å². The predicted octanol–water partition coefficient (Wildman–Crippen LogP) is 2.63. The molecule has 0 bridgehead atoms. The lowest BCUT2D eigenvalue weighted by Crippen LogP contribution is -2.11. The van der Waals surface area contributed by atoms with Crippen molar-refractivity contribution in [1.82, 2.24) is 9.97 Å². The zero-order chi connectivity index (χ0) is 13.8. The number of nitrogens with two attached hydrogens (primary N) is 1. The van der Waals surface area contributed by atoms with Crippen molar-refractivity contribution < 1.29 is 9.47 Å². The molecule has 0 fully saturated rings. The molecule has 0 radical (unpaired) electrons. The number of rotatable bonds is 4. The third-order valence-electron chi connectivity index (χ3n) is 2.52. The number of hydrogen-bond donors (Lipinski definition) is 2. The fraction of sp³-hybridized carbons (Fsp3) is 0.167. The minimum absolute atomic E-state index is 0.439. The quantitative estimate of drug-likeness (QED) is 0.664. The van der Waals surface area contributed by atoms with Crippen LogP contribution < -0.4 is 20.7 Å². The lowest BCUT2D eigenvalue weighted by Gasteiger charge is -2.11. The van der Waals surface area contributed by atoms with Gasteiger partial charge in [-0.2, -0.15) is 0 Å². The Morgan fingerprint density at radius 3 is 2.74 bits per heavy atom. The number of halogens is 1. The summed E-state index contributed by atoms with van der Waals surface area (Å²) in [4.78, 5) is 8.07. The summed E-state index contributed by atoms with van der Waals surface area (Å²) in [6.07, 6.45) is 1.38. The van der Waals surface area contributed by atoms with Crippen LogP contribution in [0.2, 0.25) is 0 Å². The summed E-state index contributed by atoms with van der Waals surface area (Å²) in [5.41, 5.74) is 3.22. The highest BCUT2D eigenvalue weighted by atomic mass is 79.9. The highest BCUT2D eigenvalue weighted by molar-refractivity contribution is 9.10. The van der Waals surface area contributed by atoms with Gasteiger partial charge in [0.15, 0.2) is 0 Å². The number of anilines is 1. The monoisotopic (exact) mass is 324 g/mol. The summed E-state index contributed by atoms with van der Waals surface area (Å²) in [7, 11) is 1.61. The van der Waals surface area contributed by atoms with Crippen molar-refractivity contribution in [1.29, 1.82) is 0 Å².